The minimum atomic E-state index is -0.659. The summed E-state index contributed by atoms with van der Waals surface area (Å²) in [5.41, 5.74) is 0. The lowest BCUT2D eigenvalue weighted by molar-refractivity contribution is -0.137. The molecular formula is C12H24O2. The van der Waals surface area contributed by atoms with E-state index in [0.29, 0.717) is 6.42 Å². The number of aliphatic carboxylic acids is 1. The van der Waals surface area contributed by atoms with Gasteiger partial charge in [-0.05, 0) is 6.42 Å². The van der Waals surface area contributed by atoms with Crippen molar-refractivity contribution in [2.24, 2.45) is 0 Å². The Hall–Kier alpha value is -0.530. The molecule has 14 heavy (non-hydrogen) atoms. The zero-order chi connectivity index (χ0) is 10.6. The summed E-state index contributed by atoms with van der Waals surface area (Å²) in [6.07, 6.45) is 11.5. The van der Waals surface area contributed by atoms with Crippen LogP contribution in [-0.4, -0.2) is 11.1 Å². The third-order valence-corrected chi connectivity index (χ3v) is 2.49. The van der Waals surface area contributed by atoms with Crippen molar-refractivity contribution in [3.8, 4) is 0 Å². The number of carbonyl (C=O) groups is 1. The Labute approximate surface area is 87.7 Å². The SMILES string of the molecule is CCCCCCCCCCC[13C](=O)O. The Balaban J connectivity index is 2.88. The molecule has 0 spiro atoms. The van der Waals surface area contributed by atoms with Gasteiger partial charge in [-0.25, -0.2) is 0 Å². The van der Waals surface area contributed by atoms with Crippen LogP contribution in [0, 0.1) is 0 Å². The lowest BCUT2D eigenvalue weighted by Crippen LogP contribution is -1.93. The first-order valence-electron chi connectivity index (χ1n) is 5.99. The smallest absolute Gasteiger partial charge is 0.303 e. The first-order chi connectivity index (χ1) is 6.77. The number of hydrogen-bond acceptors (Lipinski definition) is 1. The van der Waals surface area contributed by atoms with Crippen LogP contribution in [0.1, 0.15) is 71.1 Å². The molecule has 0 rings (SSSR count). The second-order valence-corrected chi connectivity index (χ2v) is 3.97. The first kappa shape index (κ1) is 13.5. The Morgan fingerprint density at radius 1 is 0.857 bits per heavy atom. The maximum absolute atomic E-state index is 10.2. The zero-order valence-corrected chi connectivity index (χ0v) is 9.43. The third-order valence-electron chi connectivity index (χ3n) is 2.49. The average Bonchev–Trinajstić information content (AvgIpc) is 2.15. The first-order valence-corrected chi connectivity index (χ1v) is 5.99. The molecule has 0 aromatic heterocycles. The Morgan fingerprint density at radius 3 is 1.71 bits per heavy atom. The monoisotopic (exact) mass is 201 g/mol. The van der Waals surface area contributed by atoms with Crippen molar-refractivity contribution >= 4 is 5.97 Å². The number of hydrogen-bond donors (Lipinski definition) is 1. The summed E-state index contributed by atoms with van der Waals surface area (Å²) in [7, 11) is 0. The van der Waals surface area contributed by atoms with Crippen LogP contribution in [0.5, 0.6) is 0 Å². The molecule has 0 aliphatic rings. The largest absolute Gasteiger partial charge is 0.481 e. The second-order valence-electron chi connectivity index (χ2n) is 3.97. The molecule has 0 atom stereocenters. The molecule has 0 aliphatic carbocycles. The van der Waals surface area contributed by atoms with Crippen molar-refractivity contribution < 1.29 is 9.90 Å². The summed E-state index contributed by atoms with van der Waals surface area (Å²) in [6.45, 7) is 2.23. The second kappa shape index (κ2) is 10.6. The minimum Gasteiger partial charge on any atom is -0.481 e. The fourth-order valence-electron chi connectivity index (χ4n) is 1.59. The molecule has 0 bridgehead atoms. The van der Waals surface area contributed by atoms with Gasteiger partial charge in [0.15, 0.2) is 0 Å². The fraction of sp³-hybridized carbons (Fsp3) is 0.917. The molecule has 0 aromatic carbocycles. The van der Waals surface area contributed by atoms with Gasteiger partial charge in [-0.2, -0.15) is 0 Å². The summed E-state index contributed by atoms with van der Waals surface area (Å²) in [4.78, 5) is 10.2. The van der Waals surface area contributed by atoms with Crippen LogP contribution in [0.25, 0.3) is 0 Å². The highest BCUT2D eigenvalue weighted by molar-refractivity contribution is 5.66. The highest BCUT2D eigenvalue weighted by Gasteiger charge is 1.96. The van der Waals surface area contributed by atoms with E-state index < -0.39 is 5.97 Å². The van der Waals surface area contributed by atoms with Gasteiger partial charge in [0.25, 0.3) is 0 Å². The number of unbranched alkanes of at least 4 members (excludes halogenated alkanes) is 8. The maximum atomic E-state index is 10.2. The molecular weight excluding hydrogens is 177 g/mol. The van der Waals surface area contributed by atoms with Gasteiger partial charge in [-0.15, -0.1) is 0 Å². The molecule has 0 aromatic rings. The highest BCUT2D eigenvalue weighted by atomic mass is 16.5. The molecule has 0 saturated heterocycles. The van der Waals surface area contributed by atoms with Crippen molar-refractivity contribution in [2.45, 2.75) is 71.1 Å². The molecule has 0 unspecified atom stereocenters. The van der Waals surface area contributed by atoms with Gasteiger partial charge in [0.2, 0.25) is 0 Å². The van der Waals surface area contributed by atoms with Crippen LogP contribution < -0.4 is 0 Å². The van der Waals surface area contributed by atoms with Crippen LogP contribution in [0.3, 0.4) is 0 Å². The molecule has 0 aliphatic heterocycles. The van der Waals surface area contributed by atoms with Gasteiger partial charge in [0.05, 0.1) is 0 Å². The minimum absolute atomic E-state index is 0.343. The van der Waals surface area contributed by atoms with Crippen molar-refractivity contribution in [3.63, 3.8) is 0 Å². The van der Waals surface area contributed by atoms with Crippen LogP contribution in [0.2, 0.25) is 0 Å². The summed E-state index contributed by atoms with van der Waals surface area (Å²) in [6, 6.07) is 0. The molecule has 2 heteroatoms. The summed E-state index contributed by atoms with van der Waals surface area (Å²) in [5, 5.41) is 8.41. The van der Waals surface area contributed by atoms with Crippen LogP contribution >= 0.6 is 0 Å². The molecule has 2 nitrogen and oxygen atoms in total. The van der Waals surface area contributed by atoms with Gasteiger partial charge < -0.3 is 5.11 Å². The average molecular weight is 201 g/mol. The van der Waals surface area contributed by atoms with Crippen molar-refractivity contribution in [2.75, 3.05) is 0 Å². The fourth-order valence-corrected chi connectivity index (χ4v) is 1.59. The number of rotatable bonds is 10. The molecule has 0 saturated carbocycles. The highest BCUT2D eigenvalue weighted by Crippen LogP contribution is 2.10. The van der Waals surface area contributed by atoms with Gasteiger partial charge >= 0.3 is 5.97 Å². The molecule has 0 amide bonds. The summed E-state index contributed by atoms with van der Waals surface area (Å²) < 4.78 is 0. The molecule has 0 heterocycles. The molecule has 0 radical (unpaired) electrons. The molecule has 84 valence electrons. The van der Waals surface area contributed by atoms with E-state index in [1.54, 1.807) is 0 Å². The quantitative estimate of drug-likeness (QED) is 0.428. The van der Waals surface area contributed by atoms with E-state index >= 15 is 0 Å². The van der Waals surface area contributed by atoms with Gasteiger partial charge in [-0.3, -0.25) is 4.79 Å². The van der Waals surface area contributed by atoms with Gasteiger partial charge in [0, 0.05) is 6.42 Å². The normalized spacial score (nSPS) is 10.4. The Morgan fingerprint density at radius 2 is 1.29 bits per heavy atom. The zero-order valence-electron chi connectivity index (χ0n) is 9.43. The summed E-state index contributed by atoms with van der Waals surface area (Å²) >= 11 is 0. The van der Waals surface area contributed by atoms with Crippen molar-refractivity contribution in [1.29, 1.82) is 0 Å². The van der Waals surface area contributed by atoms with Gasteiger partial charge in [-0.1, -0.05) is 58.3 Å². The molecule has 1 N–H and O–H groups in total. The van der Waals surface area contributed by atoms with Crippen LogP contribution in [-0.2, 0) is 4.79 Å². The van der Waals surface area contributed by atoms with E-state index in [0.717, 1.165) is 12.8 Å². The molecule has 0 fully saturated rings. The third kappa shape index (κ3) is 11.5. The number of carboxylic acids is 1. The topological polar surface area (TPSA) is 37.3 Å². The maximum Gasteiger partial charge on any atom is 0.303 e. The van der Waals surface area contributed by atoms with E-state index in [9.17, 15) is 4.79 Å². The van der Waals surface area contributed by atoms with Crippen LogP contribution in [0.4, 0.5) is 0 Å². The summed E-state index contributed by atoms with van der Waals surface area (Å²) in [5.74, 6) is -0.659. The number of carboxylic acid groups (broad SMARTS) is 1. The Kier molecular flexibility index (Phi) is 10.2. The van der Waals surface area contributed by atoms with E-state index in [-0.39, 0.29) is 0 Å². The van der Waals surface area contributed by atoms with E-state index in [2.05, 4.69) is 6.92 Å². The lowest BCUT2D eigenvalue weighted by Gasteiger charge is -2.00. The van der Waals surface area contributed by atoms with E-state index in [4.69, 9.17) is 5.11 Å². The predicted molar refractivity (Wildman–Crippen MR) is 59.5 cm³/mol. The Bertz CT molecular complexity index is 132. The van der Waals surface area contributed by atoms with E-state index in [1.807, 2.05) is 0 Å². The van der Waals surface area contributed by atoms with E-state index in [1.165, 1.54) is 44.9 Å². The van der Waals surface area contributed by atoms with Crippen molar-refractivity contribution in [1.82, 2.24) is 0 Å². The van der Waals surface area contributed by atoms with Gasteiger partial charge in [0.1, 0.15) is 0 Å². The standard InChI is InChI=1S/C12H24O2/c1-2-3-4-5-6-7-8-9-10-11-12(13)14/h2-11H2,1H3,(H,13,14)/i12+1. The van der Waals surface area contributed by atoms with Crippen molar-refractivity contribution in [3.05, 3.63) is 0 Å². The predicted octanol–water partition coefficient (Wildman–Crippen LogP) is 3.99. The van der Waals surface area contributed by atoms with Crippen LogP contribution in [0.15, 0.2) is 0 Å². The lowest BCUT2D eigenvalue weighted by atomic mass is 10.1.